The molecular formula is C17H25N3O. The van der Waals surface area contributed by atoms with E-state index in [0.717, 1.165) is 26.1 Å². The average Bonchev–Trinajstić information content (AvgIpc) is 3.07. The van der Waals surface area contributed by atoms with E-state index < -0.39 is 0 Å². The highest BCUT2D eigenvalue weighted by Crippen LogP contribution is 2.50. The number of nitrogens with zero attached hydrogens (tertiary/aromatic N) is 3. The van der Waals surface area contributed by atoms with Crippen LogP contribution >= 0.6 is 0 Å². The maximum Gasteiger partial charge on any atom is 0.225 e. The SMILES string of the molecule is CN(C)C(=O)[C@@H]1CCC[C@]12CCN(Cc1ccncc1)C2. The van der Waals surface area contributed by atoms with E-state index in [-0.39, 0.29) is 11.3 Å². The Hall–Kier alpha value is -1.42. The van der Waals surface area contributed by atoms with Gasteiger partial charge in [0, 0.05) is 45.5 Å². The molecule has 1 saturated carbocycles. The standard InChI is InChI=1S/C17H25N3O/c1-19(2)16(21)15-4-3-7-17(15)8-11-20(13-17)12-14-5-9-18-10-6-14/h5-6,9-10,15H,3-4,7-8,11-13H2,1-2H3/t15-,17+/m0/s1. The molecule has 1 amide bonds. The molecule has 1 aliphatic carbocycles. The molecule has 2 atom stereocenters. The van der Waals surface area contributed by atoms with Crippen molar-refractivity contribution in [2.75, 3.05) is 27.2 Å². The molecule has 1 aliphatic heterocycles. The molecule has 2 fully saturated rings. The third kappa shape index (κ3) is 2.82. The summed E-state index contributed by atoms with van der Waals surface area (Å²) >= 11 is 0. The van der Waals surface area contributed by atoms with Crippen molar-refractivity contribution in [3.05, 3.63) is 30.1 Å². The van der Waals surface area contributed by atoms with Gasteiger partial charge in [-0.05, 0) is 48.9 Å². The first kappa shape index (κ1) is 14.5. The van der Waals surface area contributed by atoms with Gasteiger partial charge in [-0.3, -0.25) is 14.7 Å². The first-order valence-corrected chi connectivity index (χ1v) is 7.93. The second-order valence-electron chi connectivity index (χ2n) is 6.86. The predicted molar refractivity (Wildman–Crippen MR) is 82.6 cm³/mol. The summed E-state index contributed by atoms with van der Waals surface area (Å²) in [6, 6.07) is 4.17. The van der Waals surface area contributed by atoms with Gasteiger partial charge in [-0.15, -0.1) is 0 Å². The van der Waals surface area contributed by atoms with Crippen molar-refractivity contribution in [1.82, 2.24) is 14.8 Å². The summed E-state index contributed by atoms with van der Waals surface area (Å²) in [5.41, 5.74) is 1.55. The van der Waals surface area contributed by atoms with Crippen molar-refractivity contribution in [1.29, 1.82) is 0 Å². The van der Waals surface area contributed by atoms with E-state index in [2.05, 4.69) is 22.0 Å². The molecule has 1 aromatic heterocycles. The number of aromatic nitrogens is 1. The minimum Gasteiger partial charge on any atom is -0.349 e. The van der Waals surface area contributed by atoms with Crippen molar-refractivity contribution in [2.24, 2.45) is 11.3 Å². The summed E-state index contributed by atoms with van der Waals surface area (Å²) in [4.78, 5) is 20.8. The van der Waals surface area contributed by atoms with Gasteiger partial charge in [0.15, 0.2) is 0 Å². The van der Waals surface area contributed by atoms with Crippen LogP contribution in [0.2, 0.25) is 0 Å². The van der Waals surface area contributed by atoms with Crippen molar-refractivity contribution >= 4 is 5.91 Å². The Morgan fingerprint density at radius 3 is 2.86 bits per heavy atom. The van der Waals surface area contributed by atoms with Gasteiger partial charge in [0.1, 0.15) is 0 Å². The van der Waals surface area contributed by atoms with Gasteiger partial charge in [0.05, 0.1) is 0 Å². The van der Waals surface area contributed by atoms with Crippen LogP contribution < -0.4 is 0 Å². The van der Waals surface area contributed by atoms with E-state index in [1.807, 2.05) is 26.5 Å². The normalized spacial score (nSPS) is 29.1. The average molecular weight is 287 g/mol. The fourth-order valence-corrected chi connectivity index (χ4v) is 4.19. The van der Waals surface area contributed by atoms with Gasteiger partial charge in [0.25, 0.3) is 0 Å². The van der Waals surface area contributed by atoms with E-state index in [1.165, 1.54) is 24.8 Å². The van der Waals surface area contributed by atoms with Crippen molar-refractivity contribution in [3.8, 4) is 0 Å². The van der Waals surface area contributed by atoms with E-state index >= 15 is 0 Å². The van der Waals surface area contributed by atoms with Crippen LogP contribution in [0.15, 0.2) is 24.5 Å². The zero-order chi connectivity index (χ0) is 14.9. The molecular weight excluding hydrogens is 262 g/mol. The maximum atomic E-state index is 12.5. The van der Waals surface area contributed by atoms with Gasteiger partial charge in [-0.2, -0.15) is 0 Å². The van der Waals surface area contributed by atoms with Gasteiger partial charge >= 0.3 is 0 Å². The smallest absolute Gasteiger partial charge is 0.225 e. The number of amides is 1. The van der Waals surface area contributed by atoms with Crippen LogP contribution in [0.4, 0.5) is 0 Å². The second-order valence-corrected chi connectivity index (χ2v) is 6.86. The highest BCUT2D eigenvalue weighted by Gasteiger charge is 2.50. The monoisotopic (exact) mass is 287 g/mol. The van der Waals surface area contributed by atoms with Crippen LogP contribution in [0.1, 0.15) is 31.2 Å². The summed E-state index contributed by atoms with van der Waals surface area (Å²) in [5, 5.41) is 0. The van der Waals surface area contributed by atoms with Gasteiger partial charge in [0.2, 0.25) is 5.91 Å². The minimum absolute atomic E-state index is 0.231. The molecule has 1 aromatic rings. The molecule has 114 valence electrons. The predicted octanol–water partition coefficient (Wildman–Crippen LogP) is 2.16. The van der Waals surface area contributed by atoms with Crippen LogP contribution in [-0.4, -0.2) is 47.9 Å². The zero-order valence-electron chi connectivity index (χ0n) is 13.1. The molecule has 0 aromatic carbocycles. The number of carbonyl (C=O) groups excluding carboxylic acids is 1. The first-order chi connectivity index (χ1) is 10.1. The fraction of sp³-hybridized carbons (Fsp3) is 0.647. The van der Waals surface area contributed by atoms with E-state index in [4.69, 9.17) is 0 Å². The van der Waals surface area contributed by atoms with Gasteiger partial charge < -0.3 is 4.90 Å². The van der Waals surface area contributed by atoms with Crippen LogP contribution in [0.25, 0.3) is 0 Å². The molecule has 1 spiro atoms. The van der Waals surface area contributed by atoms with E-state index in [1.54, 1.807) is 4.90 Å². The Morgan fingerprint density at radius 1 is 1.38 bits per heavy atom. The van der Waals surface area contributed by atoms with Crippen LogP contribution in [0.5, 0.6) is 0 Å². The quantitative estimate of drug-likeness (QED) is 0.855. The fourth-order valence-electron chi connectivity index (χ4n) is 4.19. The Labute approximate surface area is 127 Å². The summed E-state index contributed by atoms with van der Waals surface area (Å²) in [7, 11) is 3.77. The van der Waals surface area contributed by atoms with Crippen LogP contribution in [0, 0.1) is 11.3 Å². The molecule has 0 N–H and O–H groups in total. The second kappa shape index (κ2) is 5.76. The first-order valence-electron chi connectivity index (χ1n) is 7.93. The Kier molecular flexibility index (Phi) is 3.98. The molecule has 4 heteroatoms. The molecule has 0 unspecified atom stereocenters. The molecule has 1 saturated heterocycles. The molecule has 0 radical (unpaired) electrons. The zero-order valence-corrected chi connectivity index (χ0v) is 13.1. The summed E-state index contributed by atoms with van der Waals surface area (Å²) in [6.07, 6.45) is 8.37. The van der Waals surface area contributed by atoms with Gasteiger partial charge in [-0.1, -0.05) is 6.42 Å². The van der Waals surface area contributed by atoms with E-state index in [9.17, 15) is 4.79 Å². The summed E-state index contributed by atoms with van der Waals surface area (Å²) in [5.74, 6) is 0.563. The summed E-state index contributed by atoms with van der Waals surface area (Å²) in [6.45, 7) is 3.16. The summed E-state index contributed by atoms with van der Waals surface area (Å²) < 4.78 is 0. The third-order valence-corrected chi connectivity index (χ3v) is 5.27. The lowest BCUT2D eigenvalue weighted by molar-refractivity contribution is -0.136. The van der Waals surface area contributed by atoms with Crippen LogP contribution in [0.3, 0.4) is 0 Å². The van der Waals surface area contributed by atoms with Crippen molar-refractivity contribution in [3.63, 3.8) is 0 Å². The number of hydrogen-bond acceptors (Lipinski definition) is 3. The topological polar surface area (TPSA) is 36.4 Å². The lowest BCUT2D eigenvalue weighted by Crippen LogP contribution is -2.40. The number of pyridine rings is 1. The minimum atomic E-state index is 0.231. The maximum absolute atomic E-state index is 12.5. The highest BCUT2D eigenvalue weighted by molar-refractivity contribution is 5.79. The van der Waals surface area contributed by atoms with Gasteiger partial charge in [-0.25, -0.2) is 0 Å². The molecule has 3 rings (SSSR count). The molecule has 21 heavy (non-hydrogen) atoms. The molecule has 4 nitrogen and oxygen atoms in total. The molecule has 0 bridgehead atoms. The van der Waals surface area contributed by atoms with E-state index in [0.29, 0.717) is 5.91 Å². The van der Waals surface area contributed by atoms with Crippen LogP contribution in [-0.2, 0) is 11.3 Å². The molecule has 2 heterocycles. The largest absolute Gasteiger partial charge is 0.349 e. The Bertz CT molecular complexity index is 502. The number of likely N-dealkylation sites (tertiary alicyclic amines) is 1. The number of rotatable bonds is 3. The van der Waals surface area contributed by atoms with Crippen molar-refractivity contribution in [2.45, 2.75) is 32.2 Å². The Balaban J connectivity index is 1.69. The Morgan fingerprint density at radius 2 is 2.14 bits per heavy atom. The highest BCUT2D eigenvalue weighted by atomic mass is 16.2. The van der Waals surface area contributed by atoms with Crippen molar-refractivity contribution < 1.29 is 4.79 Å². The lowest BCUT2D eigenvalue weighted by Gasteiger charge is -2.32. The lowest BCUT2D eigenvalue weighted by atomic mass is 9.76. The third-order valence-electron chi connectivity index (χ3n) is 5.27. The number of hydrogen-bond donors (Lipinski definition) is 0. The molecule has 2 aliphatic rings. The number of carbonyl (C=O) groups is 1.